The number of hydrogen-bond acceptors (Lipinski definition) is 2. The highest BCUT2D eigenvalue weighted by Crippen LogP contribution is 2.29. The monoisotopic (exact) mass is 262 g/mol. The van der Waals surface area contributed by atoms with Gasteiger partial charge in [-0.15, -0.1) is 6.42 Å². The van der Waals surface area contributed by atoms with E-state index in [4.69, 9.17) is 6.42 Å². The average Bonchev–Trinajstić information content (AvgIpc) is 2.46. The van der Waals surface area contributed by atoms with Gasteiger partial charge in [0.2, 0.25) is 0 Å². The predicted molar refractivity (Wildman–Crippen MR) is 82.1 cm³/mol. The Morgan fingerprint density at radius 2 is 2.05 bits per heavy atom. The van der Waals surface area contributed by atoms with Gasteiger partial charge in [0.15, 0.2) is 0 Å². The molecule has 0 aromatic carbocycles. The Balaban J connectivity index is 1.96. The Labute approximate surface area is 119 Å². The summed E-state index contributed by atoms with van der Waals surface area (Å²) < 4.78 is 0. The van der Waals surface area contributed by atoms with Crippen LogP contribution in [0.2, 0.25) is 0 Å². The molecule has 1 N–H and O–H groups in total. The van der Waals surface area contributed by atoms with E-state index in [0.29, 0.717) is 18.1 Å². The third-order valence-corrected chi connectivity index (χ3v) is 5.02. The van der Waals surface area contributed by atoms with Crippen LogP contribution in [0, 0.1) is 18.3 Å². The van der Waals surface area contributed by atoms with Gasteiger partial charge in [-0.3, -0.25) is 4.90 Å². The van der Waals surface area contributed by atoms with Crippen LogP contribution in [0.1, 0.15) is 58.8 Å². The van der Waals surface area contributed by atoms with Gasteiger partial charge in [-0.05, 0) is 32.1 Å². The van der Waals surface area contributed by atoms with Crippen LogP contribution in [-0.4, -0.2) is 36.1 Å². The molecule has 0 radical (unpaired) electrons. The van der Waals surface area contributed by atoms with Crippen molar-refractivity contribution >= 4 is 0 Å². The summed E-state index contributed by atoms with van der Waals surface area (Å²) in [5.41, 5.74) is 0. The molecule has 2 aliphatic rings. The summed E-state index contributed by atoms with van der Waals surface area (Å²) in [7, 11) is 0. The molecule has 19 heavy (non-hydrogen) atoms. The number of nitrogens with one attached hydrogen (secondary N) is 1. The van der Waals surface area contributed by atoms with Crippen LogP contribution < -0.4 is 5.32 Å². The van der Waals surface area contributed by atoms with E-state index in [1.54, 1.807) is 0 Å². The van der Waals surface area contributed by atoms with Crippen LogP contribution in [0.15, 0.2) is 0 Å². The van der Waals surface area contributed by atoms with Gasteiger partial charge < -0.3 is 5.32 Å². The van der Waals surface area contributed by atoms with Crippen molar-refractivity contribution in [1.29, 1.82) is 0 Å². The van der Waals surface area contributed by atoms with Gasteiger partial charge in [0.05, 0.1) is 6.04 Å². The van der Waals surface area contributed by atoms with Gasteiger partial charge in [-0.2, -0.15) is 0 Å². The summed E-state index contributed by atoms with van der Waals surface area (Å²) in [4.78, 5) is 2.58. The summed E-state index contributed by atoms with van der Waals surface area (Å²) in [6.07, 6.45) is 15.2. The lowest BCUT2D eigenvalue weighted by Gasteiger charge is -2.45. The maximum atomic E-state index is 5.76. The molecule has 3 atom stereocenters. The molecule has 0 spiro atoms. The second-order valence-corrected chi connectivity index (χ2v) is 6.43. The van der Waals surface area contributed by atoms with E-state index in [1.807, 2.05) is 0 Å². The molecule has 1 saturated carbocycles. The molecule has 2 heteroatoms. The third kappa shape index (κ3) is 3.74. The van der Waals surface area contributed by atoms with Gasteiger partial charge in [0, 0.05) is 25.2 Å². The molecular weight excluding hydrogens is 232 g/mol. The number of piperazine rings is 1. The molecule has 1 saturated heterocycles. The smallest absolute Gasteiger partial charge is 0.0715 e. The van der Waals surface area contributed by atoms with Crippen molar-refractivity contribution < 1.29 is 0 Å². The molecular formula is C17H30N2. The maximum absolute atomic E-state index is 5.76. The molecule has 1 heterocycles. The van der Waals surface area contributed by atoms with Crippen LogP contribution in [0.5, 0.6) is 0 Å². The first kappa shape index (κ1) is 14.9. The molecule has 2 rings (SSSR count). The quantitative estimate of drug-likeness (QED) is 0.784. The minimum atomic E-state index is 0.341. The van der Waals surface area contributed by atoms with E-state index >= 15 is 0 Å². The minimum Gasteiger partial charge on any atom is -0.311 e. The molecule has 0 aromatic rings. The average molecular weight is 262 g/mol. The zero-order chi connectivity index (χ0) is 13.7. The summed E-state index contributed by atoms with van der Waals surface area (Å²) in [5, 5.41) is 3.78. The van der Waals surface area contributed by atoms with Crippen molar-refractivity contribution in [2.75, 3.05) is 13.1 Å². The number of rotatable bonds is 4. The highest BCUT2D eigenvalue weighted by atomic mass is 15.2. The first-order valence-corrected chi connectivity index (χ1v) is 8.21. The highest BCUT2D eigenvalue weighted by Gasteiger charge is 2.33. The molecule has 1 aliphatic carbocycles. The number of nitrogens with zero attached hydrogens (tertiary/aromatic N) is 1. The standard InChI is InChI=1S/C17H30N2/c1-4-9-16(5-2)19-13-17(18-12-14(19)3)15-10-7-6-8-11-15/h2,14-18H,4,6-13H2,1,3H3. The summed E-state index contributed by atoms with van der Waals surface area (Å²) in [6, 6.07) is 1.59. The zero-order valence-electron chi connectivity index (χ0n) is 12.7. The Morgan fingerprint density at radius 3 is 2.68 bits per heavy atom. The van der Waals surface area contributed by atoms with Crippen molar-refractivity contribution in [3.05, 3.63) is 0 Å². The van der Waals surface area contributed by atoms with Crippen LogP contribution in [0.3, 0.4) is 0 Å². The molecule has 3 unspecified atom stereocenters. The molecule has 0 bridgehead atoms. The maximum Gasteiger partial charge on any atom is 0.0715 e. The number of terminal acetylenes is 1. The summed E-state index contributed by atoms with van der Waals surface area (Å²) >= 11 is 0. The van der Waals surface area contributed by atoms with Crippen molar-refractivity contribution in [2.24, 2.45) is 5.92 Å². The Bertz CT molecular complexity index is 301. The van der Waals surface area contributed by atoms with Crippen LogP contribution in [-0.2, 0) is 0 Å². The summed E-state index contributed by atoms with van der Waals surface area (Å²) in [5.74, 6) is 3.90. The fourth-order valence-corrected chi connectivity index (χ4v) is 3.82. The molecule has 2 nitrogen and oxygen atoms in total. The lowest BCUT2D eigenvalue weighted by molar-refractivity contribution is 0.0818. The first-order valence-electron chi connectivity index (χ1n) is 8.21. The van der Waals surface area contributed by atoms with Crippen LogP contribution >= 0.6 is 0 Å². The van der Waals surface area contributed by atoms with Gasteiger partial charge in [0.25, 0.3) is 0 Å². The Kier molecular flexibility index (Phi) is 5.73. The summed E-state index contributed by atoms with van der Waals surface area (Å²) in [6.45, 7) is 6.80. The van der Waals surface area contributed by atoms with Crippen molar-refractivity contribution in [1.82, 2.24) is 10.2 Å². The van der Waals surface area contributed by atoms with Gasteiger partial charge in [0.1, 0.15) is 0 Å². The zero-order valence-corrected chi connectivity index (χ0v) is 12.7. The lowest BCUT2D eigenvalue weighted by Crippen LogP contribution is -2.60. The highest BCUT2D eigenvalue weighted by molar-refractivity contribution is 5.04. The van der Waals surface area contributed by atoms with E-state index in [1.165, 1.54) is 38.5 Å². The number of hydrogen-bond donors (Lipinski definition) is 1. The second-order valence-electron chi connectivity index (χ2n) is 6.43. The van der Waals surface area contributed by atoms with Crippen molar-refractivity contribution in [3.8, 4) is 12.3 Å². The first-order chi connectivity index (χ1) is 9.26. The van der Waals surface area contributed by atoms with Crippen molar-refractivity contribution in [3.63, 3.8) is 0 Å². The SMILES string of the molecule is C#CC(CCC)N1CC(C2CCCCC2)NCC1C. The molecule has 2 fully saturated rings. The predicted octanol–water partition coefficient (Wildman–Crippen LogP) is 3.03. The Hall–Kier alpha value is -0.520. The van der Waals surface area contributed by atoms with Crippen molar-refractivity contribution in [2.45, 2.75) is 76.9 Å². The topological polar surface area (TPSA) is 15.3 Å². The van der Waals surface area contributed by atoms with Gasteiger partial charge in [-0.1, -0.05) is 38.5 Å². The fourth-order valence-electron chi connectivity index (χ4n) is 3.82. The largest absolute Gasteiger partial charge is 0.311 e. The normalized spacial score (nSPS) is 31.8. The molecule has 1 aliphatic heterocycles. The van der Waals surface area contributed by atoms with E-state index in [-0.39, 0.29) is 0 Å². The molecule has 108 valence electrons. The van der Waals surface area contributed by atoms with E-state index in [2.05, 4.69) is 30.0 Å². The van der Waals surface area contributed by atoms with Gasteiger partial charge >= 0.3 is 0 Å². The Morgan fingerprint density at radius 1 is 1.32 bits per heavy atom. The van der Waals surface area contributed by atoms with Crippen LogP contribution in [0.4, 0.5) is 0 Å². The van der Waals surface area contributed by atoms with E-state index in [9.17, 15) is 0 Å². The van der Waals surface area contributed by atoms with E-state index in [0.717, 1.165) is 25.4 Å². The van der Waals surface area contributed by atoms with Gasteiger partial charge in [-0.25, -0.2) is 0 Å². The fraction of sp³-hybridized carbons (Fsp3) is 0.882. The molecule has 0 aromatic heterocycles. The minimum absolute atomic E-state index is 0.341. The second kappa shape index (κ2) is 7.31. The lowest BCUT2D eigenvalue weighted by atomic mass is 9.82. The third-order valence-electron chi connectivity index (χ3n) is 5.02. The van der Waals surface area contributed by atoms with E-state index < -0.39 is 0 Å². The molecule has 0 amide bonds. The van der Waals surface area contributed by atoms with Crippen LogP contribution in [0.25, 0.3) is 0 Å².